The molecule has 0 aromatic heterocycles. The van der Waals surface area contributed by atoms with Crippen LogP contribution in [-0.2, 0) is 6.42 Å². The normalized spacial score (nSPS) is 14.5. The van der Waals surface area contributed by atoms with Crippen LogP contribution in [0, 0.1) is 17.7 Å². The second-order valence-corrected chi connectivity index (χ2v) is 5.47. The number of benzene rings is 1. The summed E-state index contributed by atoms with van der Waals surface area (Å²) in [6, 6.07) is 4.89. The third-order valence-electron chi connectivity index (χ3n) is 3.45. The van der Waals surface area contributed by atoms with E-state index in [1.54, 1.807) is 12.1 Å². The Morgan fingerprint density at radius 2 is 2.00 bits per heavy atom. The van der Waals surface area contributed by atoms with Gasteiger partial charge in [0.1, 0.15) is 5.82 Å². The minimum Gasteiger partial charge on any atom is -0.316 e. The first-order chi connectivity index (χ1) is 8.56. The van der Waals surface area contributed by atoms with Crippen LogP contribution in [0.1, 0.15) is 32.8 Å². The summed E-state index contributed by atoms with van der Waals surface area (Å²) in [6.07, 6.45) is 1.83. The van der Waals surface area contributed by atoms with E-state index in [-0.39, 0.29) is 5.82 Å². The van der Waals surface area contributed by atoms with Crippen molar-refractivity contribution >= 4 is 11.6 Å². The van der Waals surface area contributed by atoms with Crippen LogP contribution in [0.25, 0.3) is 0 Å². The zero-order valence-electron chi connectivity index (χ0n) is 11.5. The molecule has 0 aliphatic heterocycles. The predicted molar refractivity (Wildman–Crippen MR) is 76.6 cm³/mol. The van der Waals surface area contributed by atoms with Crippen molar-refractivity contribution in [1.29, 1.82) is 0 Å². The van der Waals surface area contributed by atoms with Crippen LogP contribution in [0.15, 0.2) is 18.2 Å². The first-order valence-electron chi connectivity index (χ1n) is 6.69. The summed E-state index contributed by atoms with van der Waals surface area (Å²) in [5.74, 6) is 0.721. The summed E-state index contributed by atoms with van der Waals surface area (Å²) in [7, 11) is 0. The van der Waals surface area contributed by atoms with Crippen molar-refractivity contribution in [1.82, 2.24) is 5.32 Å². The Kier molecular flexibility index (Phi) is 6.66. The summed E-state index contributed by atoms with van der Waals surface area (Å²) >= 11 is 6.05. The molecule has 0 fully saturated rings. The molecule has 0 bridgehead atoms. The average Bonchev–Trinajstić information content (AvgIpc) is 2.34. The van der Waals surface area contributed by atoms with E-state index in [1.807, 2.05) is 0 Å². The Hall–Kier alpha value is -0.600. The smallest absolute Gasteiger partial charge is 0.127 e. The summed E-state index contributed by atoms with van der Waals surface area (Å²) in [4.78, 5) is 0. The zero-order valence-corrected chi connectivity index (χ0v) is 12.2. The van der Waals surface area contributed by atoms with Gasteiger partial charge in [-0.15, -0.1) is 0 Å². The molecule has 0 heterocycles. The molecule has 1 aromatic rings. The van der Waals surface area contributed by atoms with Gasteiger partial charge < -0.3 is 5.32 Å². The first kappa shape index (κ1) is 15.5. The van der Waals surface area contributed by atoms with Gasteiger partial charge >= 0.3 is 0 Å². The second-order valence-electron chi connectivity index (χ2n) is 5.06. The van der Waals surface area contributed by atoms with Gasteiger partial charge in [-0.1, -0.05) is 38.4 Å². The lowest BCUT2D eigenvalue weighted by Gasteiger charge is -2.21. The summed E-state index contributed by atoms with van der Waals surface area (Å²) < 4.78 is 13.7. The van der Waals surface area contributed by atoms with Gasteiger partial charge in [-0.3, -0.25) is 0 Å². The zero-order chi connectivity index (χ0) is 13.5. The van der Waals surface area contributed by atoms with Crippen molar-refractivity contribution in [2.45, 2.75) is 33.6 Å². The Morgan fingerprint density at radius 3 is 2.61 bits per heavy atom. The quantitative estimate of drug-likeness (QED) is 0.730. The summed E-state index contributed by atoms with van der Waals surface area (Å²) in [6.45, 7) is 8.52. The highest BCUT2D eigenvalue weighted by molar-refractivity contribution is 6.31. The van der Waals surface area contributed by atoms with Gasteiger partial charge in [0.15, 0.2) is 0 Å². The maximum Gasteiger partial charge on any atom is 0.127 e. The van der Waals surface area contributed by atoms with E-state index in [0.717, 1.165) is 19.5 Å². The molecule has 0 radical (unpaired) electrons. The molecule has 1 aromatic carbocycles. The molecule has 0 saturated heterocycles. The first-order valence-corrected chi connectivity index (χ1v) is 7.07. The third-order valence-corrected chi connectivity index (χ3v) is 3.81. The topological polar surface area (TPSA) is 12.0 Å². The van der Waals surface area contributed by atoms with E-state index in [1.165, 1.54) is 6.07 Å². The van der Waals surface area contributed by atoms with Crippen molar-refractivity contribution < 1.29 is 4.39 Å². The average molecular weight is 272 g/mol. The number of rotatable bonds is 7. The van der Waals surface area contributed by atoms with Crippen LogP contribution >= 0.6 is 11.6 Å². The molecule has 0 saturated carbocycles. The summed E-state index contributed by atoms with van der Waals surface area (Å²) in [5, 5.41) is 3.94. The molecule has 0 aliphatic carbocycles. The van der Waals surface area contributed by atoms with Gasteiger partial charge in [0.2, 0.25) is 0 Å². The number of hydrogen-bond acceptors (Lipinski definition) is 1. The van der Waals surface area contributed by atoms with Crippen LogP contribution in [0.2, 0.25) is 5.02 Å². The highest BCUT2D eigenvalue weighted by Crippen LogP contribution is 2.25. The van der Waals surface area contributed by atoms with Gasteiger partial charge in [-0.2, -0.15) is 0 Å². The van der Waals surface area contributed by atoms with Crippen molar-refractivity contribution in [2.24, 2.45) is 11.8 Å². The van der Waals surface area contributed by atoms with Crippen LogP contribution in [0.5, 0.6) is 0 Å². The molecule has 0 amide bonds. The fourth-order valence-electron chi connectivity index (χ4n) is 1.96. The maximum atomic E-state index is 13.7. The number of nitrogens with one attached hydrogen (secondary N) is 1. The number of halogens is 2. The van der Waals surface area contributed by atoms with Gasteiger partial charge in [0.25, 0.3) is 0 Å². The fraction of sp³-hybridized carbons (Fsp3) is 0.600. The molecule has 1 rings (SSSR count). The monoisotopic (exact) mass is 271 g/mol. The molecule has 18 heavy (non-hydrogen) atoms. The van der Waals surface area contributed by atoms with Crippen LogP contribution in [0.3, 0.4) is 0 Å². The Bertz CT molecular complexity index is 347. The lowest BCUT2D eigenvalue weighted by Crippen LogP contribution is -2.26. The lowest BCUT2D eigenvalue weighted by atomic mass is 9.89. The van der Waals surface area contributed by atoms with E-state index < -0.39 is 0 Å². The van der Waals surface area contributed by atoms with Crippen LogP contribution in [-0.4, -0.2) is 13.1 Å². The fourth-order valence-corrected chi connectivity index (χ4v) is 2.20. The minimum absolute atomic E-state index is 0.192. The van der Waals surface area contributed by atoms with Gasteiger partial charge in [0.05, 0.1) is 0 Å². The largest absolute Gasteiger partial charge is 0.316 e. The van der Waals surface area contributed by atoms with Gasteiger partial charge in [0, 0.05) is 10.6 Å². The van der Waals surface area contributed by atoms with Gasteiger partial charge in [-0.05, 0) is 49.9 Å². The van der Waals surface area contributed by atoms with E-state index in [9.17, 15) is 4.39 Å². The SMILES string of the molecule is CCCNCC(C)C(C)Cc1c(F)cccc1Cl. The minimum atomic E-state index is -0.192. The standard InChI is InChI=1S/C15H23ClFN/c1-4-8-18-10-12(3)11(2)9-13-14(16)6-5-7-15(13)17/h5-7,11-12,18H,4,8-10H2,1-3H3. The second kappa shape index (κ2) is 7.75. The molecule has 0 spiro atoms. The van der Waals surface area contributed by atoms with E-state index in [0.29, 0.717) is 28.8 Å². The van der Waals surface area contributed by atoms with E-state index in [2.05, 4.69) is 26.1 Å². The molecule has 1 nitrogen and oxygen atoms in total. The Morgan fingerprint density at radius 1 is 1.28 bits per heavy atom. The molecule has 2 atom stereocenters. The Balaban J connectivity index is 2.55. The molecule has 1 N–H and O–H groups in total. The number of hydrogen-bond donors (Lipinski definition) is 1. The highest BCUT2D eigenvalue weighted by atomic mass is 35.5. The van der Waals surface area contributed by atoms with Gasteiger partial charge in [-0.25, -0.2) is 4.39 Å². The van der Waals surface area contributed by atoms with Crippen molar-refractivity contribution in [3.8, 4) is 0 Å². The summed E-state index contributed by atoms with van der Waals surface area (Å²) in [5.41, 5.74) is 0.647. The molecule has 3 heteroatoms. The molecular weight excluding hydrogens is 249 g/mol. The van der Waals surface area contributed by atoms with Crippen molar-refractivity contribution in [2.75, 3.05) is 13.1 Å². The van der Waals surface area contributed by atoms with Crippen molar-refractivity contribution in [3.05, 3.63) is 34.6 Å². The van der Waals surface area contributed by atoms with Crippen molar-refractivity contribution in [3.63, 3.8) is 0 Å². The van der Waals surface area contributed by atoms with Crippen LogP contribution < -0.4 is 5.32 Å². The molecule has 2 unspecified atom stereocenters. The molecule has 0 aliphatic rings. The lowest BCUT2D eigenvalue weighted by molar-refractivity contribution is 0.362. The van der Waals surface area contributed by atoms with E-state index >= 15 is 0 Å². The molecular formula is C15H23ClFN. The van der Waals surface area contributed by atoms with Crippen LogP contribution in [0.4, 0.5) is 4.39 Å². The Labute approximate surface area is 115 Å². The van der Waals surface area contributed by atoms with E-state index in [4.69, 9.17) is 11.6 Å². The molecule has 102 valence electrons. The third kappa shape index (κ3) is 4.58. The highest BCUT2D eigenvalue weighted by Gasteiger charge is 2.16. The predicted octanol–water partition coefficient (Wildman–Crippen LogP) is 4.29. The maximum absolute atomic E-state index is 13.7.